The summed E-state index contributed by atoms with van der Waals surface area (Å²) in [7, 11) is -3.85. The van der Waals surface area contributed by atoms with E-state index in [9.17, 15) is 17.6 Å². The lowest BCUT2D eigenvalue weighted by molar-refractivity contribution is 0.602. The summed E-state index contributed by atoms with van der Waals surface area (Å²) in [6.45, 7) is 1.50. The molecular formula is C10H8FIN2O3S2. The van der Waals surface area contributed by atoms with Crippen LogP contribution in [0.5, 0.6) is 0 Å². The van der Waals surface area contributed by atoms with Gasteiger partial charge in [0.2, 0.25) is 0 Å². The molecule has 0 saturated heterocycles. The number of nitrogens with one attached hydrogen (secondary N) is 2. The number of aromatic nitrogens is 1. The molecule has 0 saturated carbocycles. The molecule has 2 rings (SSSR count). The number of benzene rings is 1. The maximum atomic E-state index is 12.9. The minimum Gasteiger partial charge on any atom is -0.315 e. The first kappa shape index (κ1) is 14.5. The molecule has 0 amide bonds. The van der Waals surface area contributed by atoms with Crippen LogP contribution in [-0.2, 0) is 10.0 Å². The van der Waals surface area contributed by atoms with Crippen LogP contribution in [0.3, 0.4) is 0 Å². The van der Waals surface area contributed by atoms with Crippen LogP contribution < -0.4 is 9.60 Å². The summed E-state index contributed by atoms with van der Waals surface area (Å²) in [6.07, 6.45) is 0. The maximum Gasteiger partial charge on any atom is 0.306 e. The molecule has 2 N–H and O–H groups in total. The Morgan fingerprint density at radius 3 is 2.63 bits per heavy atom. The monoisotopic (exact) mass is 414 g/mol. The predicted molar refractivity (Wildman–Crippen MR) is 79.6 cm³/mol. The van der Waals surface area contributed by atoms with E-state index in [-0.39, 0.29) is 15.6 Å². The van der Waals surface area contributed by atoms with Crippen LogP contribution >= 0.6 is 33.9 Å². The van der Waals surface area contributed by atoms with E-state index in [1.807, 2.05) is 22.6 Å². The van der Waals surface area contributed by atoms with Crippen LogP contribution in [0.2, 0.25) is 0 Å². The topological polar surface area (TPSA) is 79.0 Å². The van der Waals surface area contributed by atoms with Gasteiger partial charge >= 0.3 is 4.87 Å². The van der Waals surface area contributed by atoms with Crippen molar-refractivity contribution in [1.29, 1.82) is 0 Å². The Morgan fingerprint density at radius 1 is 1.42 bits per heavy atom. The lowest BCUT2D eigenvalue weighted by atomic mass is 10.3. The van der Waals surface area contributed by atoms with Gasteiger partial charge in [0.1, 0.15) is 5.82 Å². The molecule has 0 atom stereocenters. The van der Waals surface area contributed by atoms with Crippen molar-refractivity contribution in [3.05, 3.63) is 42.9 Å². The van der Waals surface area contributed by atoms with Gasteiger partial charge in [0.05, 0.1) is 5.69 Å². The van der Waals surface area contributed by atoms with Crippen molar-refractivity contribution in [2.75, 3.05) is 4.72 Å². The normalized spacial score (nSPS) is 11.5. The Balaban J connectivity index is 2.42. The van der Waals surface area contributed by atoms with Gasteiger partial charge in [0.25, 0.3) is 10.0 Å². The molecule has 1 aromatic heterocycles. The summed E-state index contributed by atoms with van der Waals surface area (Å²) in [6, 6.07) is 3.71. The summed E-state index contributed by atoms with van der Waals surface area (Å²) in [5, 5.41) is 0. The average Bonchev–Trinajstić information content (AvgIpc) is 2.63. The third-order valence-electron chi connectivity index (χ3n) is 2.20. The van der Waals surface area contributed by atoms with E-state index in [1.54, 1.807) is 0 Å². The molecule has 9 heteroatoms. The highest BCUT2D eigenvalue weighted by atomic mass is 127. The van der Waals surface area contributed by atoms with Gasteiger partial charge in [-0.1, -0.05) is 11.3 Å². The number of thiazole rings is 1. The zero-order valence-corrected chi connectivity index (χ0v) is 13.3. The van der Waals surface area contributed by atoms with E-state index >= 15 is 0 Å². The van der Waals surface area contributed by atoms with Gasteiger partial charge in [0, 0.05) is 9.26 Å². The molecule has 0 fully saturated rings. The van der Waals surface area contributed by atoms with Crippen molar-refractivity contribution in [2.45, 2.75) is 11.1 Å². The lowest BCUT2D eigenvalue weighted by Crippen LogP contribution is -2.13. The van der Waals surface area contributed by atoms with Crippen LogP contribution in [-0.4, -0.2) is 13.4 Å². The second-order valence-electron chi connectivity index (χ2n) is 3.66. The number of anilines is 1. The quantitative estimate of drug-likeness (QED) is 0.757. The number of hydrogen-bond donors (Lipinski definition) is 2. The largest absolute Gasteiger partial charge is 0.315 e. The van der Waals surface area contributed by atoms with Crippen LogP contribution in [0, 0.1) is 16.3 Å². The number of hydrogen-bond acceptors (Lipinski definition) is 4. The molecule has 2 aromatic rings. The lowest BCUT2D eigenvalue weighted by Gasteiger charge is -2.08. The van der Waals surface area contributed by atoms with Gasteiger partial charge in [-0.25, -0.2) is 12.8 Å². The van der Waals surface area contributed by atoms with E-state index in [0.717, 1.165) is 6.07 Å². The molecular weight excluding hydrogens is 406 g/mol. The first-order valence-corrected chi connectivity index (χ1v) is 8.35. The Kier molecular flexibility index (Phi) is 3.97. The molecule has 0 unspecified atom stereocenters. The Bertz CT molecular complexity index is 782. The molecule has 0 radical (unpaired) electrons. The molecule has 0 spiro atoms. The van der Waals surface area contributed by atoms with E-state index < -0.39 is 20.7 Å². The standard InChI is InChI=1S/C10H8FIN2O3S2/c1-5-9(18-10(15)13-5)19(16,17)14-8-3-2-6(11)4-7(8)12/h2-4,14H,1H3,(H,13,15). The van der Waals surface area contributed by atoms with Gasteiger partial charge in [-0.3, -0.25) is 9.52 Å². The van der Waals surface area contributed by atoms with E-state index in [2.05, 4.69) is 9.71 Å². The zero-order valence-electron chi connectivity index (χ0n) is 9.53. The molecule has 0 aliphatic heterocycles. The highest BCUT2D eigenvalue weighted by molar-refractivity contribution is 14.1. The fraction of sp³-hybridized carbons (Fsp3) is 0.100. The van der Waals surface area contributed by atoms with Gasteiger partial charge < -0.3 is 4.98 Å². The van der Waals surface area contributed by atoms with Crippen LogP contribution in [0.15, 0.2) is 27.2 Å². The number of aryl methyl sites for hydroxylation is 1. The minimum atomic E-state index is -3.85. The first-order valence-electron chi connectivity index (χ1n) is 4.97. The SMILES string of the molecule is Cc1[nH]c(=O)sc1S(=O)(=O)Nc1ccc(F)cc1I. The summed E-state index contributed by atoms with van der Waals surface area (Å²) in [5.41, 5.74) is 0.543. The van der Waals surface area contributed by atoms with Crippen LogP contribution in [0.4, 0.5) is 10.1 Å². The van der Waals surface area contributed by atoms with Gasteiger partial charge in [-0.05, 0) is 47.7 Å². The van der Waals surface area contributed by atoms with E-state index in [1.165, 1.54) is 19.1 Å². The highest BCUT2D eigenvalue weighted by Crippen LogP contribution is 2.24. The molecule has 102 valence electrons. The zero-order chi connectivity index (χ0) is 14.2. The number of sulfonamides is 1. The third-order valence-corrected chi connectivity index (χ3v) is 6.06. The summed E-state index contributed by atoms with van der Waals surface area (Å²) < 4.78 is 39.9. The molecule has 5 nitrogen and oxygen atoms in total. The van der Waals surface area contributed by atoms with Gasteiger partial charge in [0.15, 0.2) is 4.21 Å². The molecule has 0 bridgehead atoms. The van der Waals surface area contributed by atoms with Crippen molar-refractivity contribution < 1.29 is 12.8 Å². The Hall–Kier alpha value is -0.940. The smallest absolute Gasteiger partial charge is 0.306 e. The van der Waals surface area contributed by atoms with Crippen molar-refractivity contribution in [3.63, 3.8) is 0 Å². The summed E-state index contributed by atoms with van der Waals surface area (Å²) in [4.78, 5) is 13.1. The Morgan fingerprint density at radius 2 is 2.11 bits per heavy atom. The number of halogens is 2. The first-order chi connectivity index (χ1) is 8.79. The number of rotatable bonds is 3. The molecule has 0 aliphatic rings. The van der Waals surface area contributed by atoms with Crippen LogP contribution in [0.1, 0.15) is 5.69 Å². The second-order valence-corrected chi connectivity index (χ2v) is 7.68. The second kappa shape index (κ2) is 5.21. The van der Waals surface area contributed by atoms with E-state index in [0.29, 0.717) is 14.9 Å². The third kappa shape index (κ3) is 3.15. The van der Waals surface area contributed by atoms with Crippen molar-refractivity contribution in [3.8, 4) is 0 Å². The van der Waals surface area contributed by atoms with E-state index in [4.69, 9.17) is 0 Å². The fourth-order valence-corrected chi connectivity index (χ4v) is 4.59. The minimum absolute atomic E-state index is 0.0716. The molecule has 1 aromatic carbocycles. The van der Waals surface area contributed by atoms with Crippen molar-refractivity contribution in [2.24, 2.45) is 0 Å². The number of H-pyrrole nitrogens is 1. The van der Waals surface area contributed by atoms with Gasteiger partial charge in [-0.15, -0.1) is 0 Å². The predicted octanol–water partition coefficient (Wildman–Crippen LogP) is 2.29. The molecule has 19 heavy (non-hydrogen) atoms. The highest BCUT2D eigenvalue weighted by Gasteiger charge is 2.21. The average molecular weight is 414 g/mol. The Labute approximate surface area is 126 Å². The van der Waals surface area contributed by atoms with Crippen LogP contribution in [0.25, 0.3) is 0 Å². The molecule has 1 heterocycles. The van der Waals surface area contributed by atoms with Gasteiger partial charge in [-0.2, -0.15) is 0 Å². The maximum absolute atomic E-state index is 12.9. The van der Waals surface area contributed by atoms with Crippen molar-refractivity contribution >= 4 is 49.6 Å². The fourth-order valence-electron chi connectivity index (χ4n) is 1.41. The summed E-state index contributed by atoms with van der Waals surface area (Å²) >= 11 is 2.44. The number of aromatic amines is 1. The molecule has 0 aliphatic carbocycles. The van der Waals surface area contributed by atoms with Crippen molar-refractivity contribution in [1.82, 2.24) is 4.98 Å². The summed E-state index contributed by atoms with van der Waals surface area (Å²) in [5.74, 6) is -0.449.